The summed E-state index contributed by atoms with van der Waals surface area (Å²) >= 11 is 0. The average molecular weight is 423 g/mol. The second-order valence-corrected chi connectivity index (χ2v) is 6.53. The lowest BCUT2D eigenvalue weighted by atomic mass is 10.1. The molecule has 0 fully saturated rings. The SMILES string of the molecule is COC(=O)CNC(=O)Cc1ccc(NC(=O)CCc2nc(-c3cccnc3)no2)cc1. The highest BCUT2D eigenvalue weighted by molar-refractivity contribution is 5.91. The fourth-order valence-corrected chi connectivity index (χ4v) is 2.61. The zero-order valence-corrected chi connectivity index (χ0v) is 16.8. The van der Waals surface area contributed by atoms with Crippen molar-refractivity contribution < 1.29 is 23.6 Å². The van der Waals surface area contributed by atoms with Crippen LogP contribution in [0.4, 0.5) is 5.69 Å². The summed E-state index contributed by atoms with van der Waals surface area (Å²) in [4.78, 5) is 43.3. The number of carbonyl (C=O) groups excluding carboxylic acids is 3. The van der Waals surface area contributed by atoms with Crippen LogP contribution >= 0.6 is 0 Å². The highest BCUT2D eigenvalue weighted by Crippen LogP contribution is 2.15. The van der Waals surface area contributed by atoms with Crippen molar-refractivity contribution in [3.8, 4) is 11.4 Å². The van der Waals surface area contributed by atoms with Gasteiger partial charge in [0.1, 0.15) is 6.54 Å². The number of hydrogen-bond donors (Lipinski definition) is 2. The molecule has 10 heteroatoms. The Labute approximate surface area is 178 Å². The fourth-order valence-electron chi connectivity index (χ4n) is 2.61. The second kappa shape index (κ2) is 10.6. The molecule has 2 amide bonds. The lowest BCUT2D eigenvalue weighted by Crippen LogP contribution is -2.31. The summed E-state index contributed by atoms with van der Waals surface area (Å²) in [5.74, 6) is -0.227. The van der Waals surface area contributed by atoms with E-state index in [9.17, 15) is 14.4 Å². The minimum absolute atomic E-state index is 0.113. The minimum atomic E-state index is -0.514. The number of carbonyl (C=O) groups is 3. The lowest BCUT2D eigenvalue weighted by Gasteiger charge is -2.07. The molecule has 3 rings (SSSR count). The standard InChI is InChI=1S/C21H21N5O5/c1-30-20(29)13-23-18(28)11-14-4-6-16(7-5-14)24-17(27)8-9-19-25-21(26-31-19)15-3-2-10-22-12-15/h2-7,10,12H,8-9,11,13H2,1H3,(H,23,28)(H,24,27). The third-order valence-electron chi connectivity index (χ3n) is 4.21. The van der Waals surface area contributed by atoms with E-state index in [-0.39, 0.29) is 31.2 Å². The zero-order valence-electron chi connectivity index (χ0n) is 16.8. The maximum Gasteiger partial charge on any atom is 0.325 e. The topological polar surface area (TPSA) is 136 Å². The molecule has 1 aromatic carbocycles. The molecule has 0 radical (unpaired) electrons. The molecule has 0 unspecified atom stereocenters. The molecule has 0 saturated heterocycles. The van der Waals surface area contributed by atoms with E-state index in [0.717, 1.165) is 11.1 Å². The number of ether oxygens (including phenoxy) is 1. The van der Waals surface area contributed by atoms with Crippen LogP contribution in [0.25, 0.3) is 11.4 Å². The van der Waals surface area contributed by atoms with Crippen LogP contribution in [0.15, 0.2) is 53.3 Å². The summed E-state index contributed by atoms with van der Waals surface area (Å²) < 4.78 is 9.64. The molecule has 0 aliphatic heterocycles. The maximum absolute atomic E-state index is 12.2. The molecular formula is C21H21N5O5. The molecule has 10 nitrogen and oxygen atoms in total. The Balaban J connectivity index is 1.44. The third-order valence-corrected chi connectivity index (χ3v) is 4.21. The van der Waals surface area contributed by atoms with Gasteiger partial charge in [-0.2, -0.15) is 4.98 Å². The first-order valence-corrected chi connectivity index (χ1v) is 9.49. The molecule has 0 aliphatic carbocycles. The van der Waals surface area contributed by atoms with Gasteiger partial charge in [-0.05, 0) is 29.8 Å². The highest BCUT2D eigenvalue weighted by Gasteiger charge is 2.11. The van der Waals surface area contributed by atoms with E-state index in [1.807, 2.05) is 6.07 Å². The Morgan fingerprint density at radius 1 is 1.10 bits per heavy atom. The van der Waals surface area contributed by atoms with E-state index in [1.54, 1.807) is 42.7 Å². The number of hydrogen-bond acceptors (Lipinski definition) is 8. The van der Waals surface area contributed by atoms with Gasteiger partial charge in [0.2, 0.25) is 23.5 Å². The summed E-state index contributed by atoms with van der Waals surface area (Å²) in [5, 5.41) is 9.14. The highest BCUT2D eigenvalue weighted by atomic mass is 16.5. The second-order valence-electron chi connectivity index (χ2n) is 6.53. The van der Waals surface area contributed by atoms with E-state index in [4.69, 9.17) is 4.52 Å². The Hall–Kier alpha value is -4.08. The van der Waals surface area contributed by atoms with E-state index >= 15 is 0 Å². The molecule has 0 spiro atoms. The van der Waals surface area contributed by atoms with Gasteiger partial charge < -0.3 is 19.9 Å². The average Bonchev–Trinajstić information content (AvgIpc) is 3.27. The largest absolute Gasteiger partial charge is 0.468 e. The maximum atomic E-state index is 12.2. The first-order valence-electron chi connectivity index (χ1n) is 9.49. The fraction of sp³-hybridized carbons (Fsp3) is 0.238. The Morgan fingerprint density at radius 2 is 1.90 bits per heavy atom. The monoisotopic (exact) mass is 423 g/mol. The van der Waals surface area contributed by atoms with Gasteiger partial charge >= 0.3 is 5.97 Å². The van der Waals surface area contributed by atoms with Gasteiger partial charge in [-0.1, -0.05) is 17.3 Å². The van der Waals surface area contributed by atoms with Gasteiger partial charge in [0, 0.05) is 36.5 Å². The number of esters is 1. The molecule has 160 valence electrons. The molecule has 0 aliphatic rings. The van der Waals surface area contributed by atoms with Gasteiger partial charge in [0.15, 0.2) is 0 Å². The zero-order chi connectivity index (χ0) is 22.1. The number of nitrogens with zero attached hydrogens (tertiary/aromatic N) is 3. The Bertz CT molecular complexity index is 1030. The summed E-state index contributed by atoms with van der Waals surface area (Å²) in [6.45, 7) is -0.173. The van der Waals surface area contributed by atoms with Crippen LogP contribution < -0.4 is 10.6 Å². The normalized spacial score (nSPS) is 10.4. The Morgan fingerprint density at radius 3 is 2.61 bits per heavy atom. The van der Waals surface area contributed by atoms with E-state index in [1.165, 1.54) is 7.11 Å². The predicted octanol–water partition coefficient (Wildman–Crippen LogP) is 1.53. The van der Waals surface area contributed by atoms with Crippen LogP contribution in [-0.4, -0.2) is 46.6 Å². The van der Waals surface area contributed by atoms with Crippen molar-refractivity contribution in [1.82, 2.24) is 20.4 Å². The van der Waals surface area contributed by atoms with E-state index < -0.39 is 5.97 Å². The minimum Gasteiger partial charge on any atom is -0.468 e. The number of anilines is 1. The first kappa shape index (κ1) is 21.6. The smallest absolute Gasteiger partial charge is 0.325 e. The van der Waals surface area contributed by atoms with Crippen molar-refractivity contribution >= 4 is 23.5 Å². The van der Waals surface area contributed by atoms with Gasteiger partial charge in [-0.25, -0.2) is 0 Å². The molecule has 0 saturated carbocycles. The quantitative estimate of drug-likeness (QED) is 0.495. The Kier molecular flexibility index (Phi) is 7.41. The van der Waals surface area contributed by atoms with Crippen molar-refractivity contribution in [1.29, 1.82) is 0 Å². The van der Waals surface area contributed by atoms with Gasteiger partial charge in [0.25, 0.3) is 0 Å². The third kappa shape index (κ3) is 6.74. The molecule has 0 bridgehead atoms. The van der Waals surface area contributed by atoms with E-state index in [0.29, 0.717) is 23.8 Å². The van der Waals surface area contributed by atoms with Crippen molar-refractivity contribution in [2.45, 2.75) is 19.3 Å². The van der Waals surface area contributed by atoms with Crippen LogP contribution in [0.1, 0.15) is 17.9 Å². The number of amides is 2. The molecule has 31 heavy (non-hydrogen) atoms. The number of pyridine rings is 1. The number of benzene rings is 1. The van der Waals surface area contributed by atoms with Crippen molar-refractivity contribution in [3.63, 3.8) is 0 Å². The van der Waals surface area contributed by atoms with Gasteiger partial charge in [-0.15, -0.1) is 0 Å². The van der Waals surface area contributed by atoms with Crippen molar-refractivity contribution in [2.24, 2.45) is 0 Å². The van der Waals surface area contributed by atoms with Crippen LogP contribution in [0.5, 0.6) is 0 Å². The van der Waals surface area contributed by atoms with Gasteiger partial charge in [-0.3, -0.25) is 19.4 Å². The molecule has 2 heterocycles. The molecular weight excluding hydrogens is 402 g/mol. The lowest BCUT2D eigenvalue weighted by molar-refractivity contribution is -0.141. The number of aryl methyl sites for hydroxylation is 1. The number of rotatable bonds is 9. The predicted molar refractivity (Wildman–Crippen MR) is 110 cm³/mol. The number of nitrogens with one attached hydrogen (secondary N) is 2. The van der Waals surface area contributed by atoms with Crippen molar-refractivity contribution in [3.05, 3.63) is 60.2 Å². The van der Waals surface area contributed by atoms with E-state index in [2.05, 4.69) is 30.5 Å². The summed E-state index contributed by atoms with van der Waals surface area (Å²) in [6, 6.07) is 10.5. The van der Waals surface area contributed by atoms with Crippen LogP contribution in [0.2, 0.25) is 0 Å². The number of aromatic nitrogens is 3. The molecule has 0 atom stereocenters. The molecule has 2 N–H and O–H groups in total. The van der Waals surface area contributed by atoms with Crippen LogP contribution in [0.3, 0.4) is 0 Å². The van der Waals surface area contributed by atoms with Crippen LogP contribution in [0, 0.1) is 0 Å². The summed E-state index contributed by atoms with van der Waals surface area (Å²) in [5.41, 5.74) is 2.08. The van der Waals surface area contributed by atoms with Gasteiger partial charge in [0.05, 0.1) is 13.5 Å². The summed E-state index contributed by atoms with van der Waals surface area (Å²) in [7, 11) is 1.25. The number of methoxy groups -OCH3 is 1. The molecule has 2 aromatic heterocycles. The molecule has 3 aromatic rings. The van der Waals surface area contributed by atoms with Crippen LogP contribution in [-0.2, 0) is 32.0 Å². The first-order chi connectivity index (χ1) is 15.0. The summed E-state index contributed by atoms with van der Waals surface area (Å²) in [6.07, 6.45) is 3.88. The van der Waals surface area contributed by atoms with Crippen molar-refractivity contribution in [2.75, 3.05) is 19.0 Å².